The molecule has 0 saturated carbocycles. The Bertz CT molecular complexity index is 1470. The maximum absolute atomic E-state index is 13.5. The van der Waals surface area contributed by atoms with Crippen molar-refractivity contribution in [3.8, 4) is 11.5 Å². The Labute approximate surface area is 175 Å². The summed E-state index contributed by atoms with van der Waals surface area (Å²) in [6, 6.07) is 29.5. The largest absolute Gasteiger partial charge is 0.457 e. The summed E-state index contributed by atoms with van der Waals surface area (Å²) in [5.74, 6) is 1.39. The Morgan fingerprint density at radius 2 is 1.33 bits per heavy atom. The third-order valence-corrected chi connectivity index (χ3v) is 6.88. The van der Waals surface area contributed by atoms with Crippen LogP contribution in [0.4, 0.5) is 0 Å². The molecule has 1 aromatic heterocycles. The Kier molecular flexibility index (Phi) is 4.33. The van der Waals surface area contributed by atoms with Crippen molar-refractivity contribution >= 4 is 31.8 Å². The normalized spacial score (nSPS) is 11.8. The van der Waals surface area contributed by atoms with Crippen molar-refractivity contribution in [2.75, 3.05) is 0 Å². The van der Waals surface area contributed by atoms with E-state index in [9.17, 15) is 8.42 Å². The number of aromatic nitrogens is 1. The molecule has 0 radical (unpaired) electrons. The van der Waals surface area contributed by atoms with Gasteiger partial charge in [0.25, 0.3) is 10.0 Å². The van der Waals surface area contributed by atoms with E-state index in [1.54, 1.807) is 24.3 Å². The van der Waals surface area contributed by atoms with Gasteiger partial charge in [-0.1, -0.05) is 54.1 Å². The van der Waals surface area contributed by atoms with Crippen molar-refractivity contribution in [1.29, 1.82) is 0 Å². The molecular formula is C25H19NO3S. The molecule has 0 aliphatic heterocycles. The highest BCUT2D eigenvalue weighted by Gasteiger charge is 2.23. The van der Waals surface area contributed by atoms with Crippen molar-refractivity contribution in [1.82, 2.24) is 3.97 Å². The summed E-state index contributed by atoms with van der Waals surface area (Å²) < 4.78 is 34.5. The maximum Gasteiger partial charge on any atom is 0.268 e. The summed E-state index contributed by atoms with van der Waals surface area (Å²) in [5, 5.41) is 1.69. The molecule has 0 atom stereocenters. The number of benzene rings is 4. The summed E-state index contributed by atoms with van der Waals surface area (Å²) in [5.41, 5.74) is 2.28. The molecule has 1 heterocycles. The molecule has 0 fully saturated rings. The van der Waals surface area contributed by atoms with E-state index in [0.717, 1.165) is 22.1 Å². The summed E-state index contributed by atoms with van der Waals surface area (Å²) in [4.78, 5) is 0.264. The number of aryl methyl sites for hydroxylation is 1. The van der Waals surface area contributed by atoms with Crippen molar-refractivity contribution in [3.63, 3.8) is 0 Å². The molecule has 0 aliphatic rings. The lowest BCUT2D eigenvalue weighted by Gasteiger charge is -2.10. The van der Waals surface area contributed by atoms with Crippen LogP contribution in [0.1, 0.15) is 5.56 Å². The summed E-state index contributed by atoms with van der Waals surface area (Å²) in [6.07, 6.45) is 0. The molecule has 5 heteroatoms. The number of hydrogen-bond donors (Lipinski definition) is 0. The molecule has 30 heavy (non-hydrogen) atoms. The van der Waals surface area contributed by atoms with Gasteiger partial charge in [0.15, 0.2) is 0 Å². The zero-order valence-corrected chi connectivity index (χ0v) is 17.1. The molecule has 0 saturated heterocycles. The molecule has 0 unspecified atom stereocenters. The van der Waals surface area contributed by atoms with Gasteiger partial charge in [-0.15, -0.1) is 0 Å². The van der Waals surface area contributed by atoms with E-state index in [-0.39, 0.29) is 4.90 Å². The van der Waals surface area contributed by atoms with Crippen LogP contribution in [-0.2, 0) is 10.0 Å². The molecule has 0 aliphatic carbocycles. The summed E-state index contributed by atoms with van der Waals surface area (Å²) >= 11 is 0. The van der Waals surface area contributed by atoms with Crippen molar-refractivity contribution < 1.29 is 13.2 Å². The lowest BCUT2D eigenvalue weighted by Crippen LogP contribution is -2.12. The Morgan fingerprint density at radius 1 is 0.667 bits per heavy atom. The van der Waals surface area contributed by atoms with Gasteiger partial charge in [-0.05, 0) is 55.5 Å². The number of nitrogens with zero attached hydrogens (tertiary/aromatic N) is 1. The lowest BCUT2D eigenvalue weighted by molar-refractivity contribution is 0.483. The van der Waals surface area contributed by atoms with E-state index < -0.39 is 10.0 Å². The van der Waals surface area contributed by atoms with Gasteiger partial charge >= 0.3 is 0 Å². The van der Waals surface area contributed by atoms with Crippen LogP contribution in [0.3, 0.4) is 0 Å². The van der Waals surface area contributed by atoms with Crippen molar-refractivity contribution in [2.24, 2.45) is 0 Å². The lowest BCUT2D eigenvalue weighted by atomic mass is 10.1. The third kappa shape index (κ3) is 3.04. The maximum atomic E-state index is 13.5. The SMILES string of the molecule is Cc1ccc(S(=O)(=O)n2c3ccccc3c3cc(Oc4ccccc4)ccc32)cc1. The van der Waals surface area contributed by atoms with Crippen LogP contribution in [0.25, 0.3) is 21.8 Å². The molecule has 4 aromatic carbocycles. The third-order valence-electron chi connectivity index (χ3n) is 5.14. The number of hydrogen-bond acceptors (Lipinski definition) is 3. The second-order valence-corrected chi connectivity index (χ2v) is 8.98. The highest BCUT2D eigenvalue weighted by atomic mass is 32.2. The zero-order valence-electron chi connectivity index (χ0n) is 16.3. The average molecular weight is 413 g/mol. The van der Waals surface area contributed by atoms with Crippen LogP contribution in [0.15, 0.2) is 102 Å². The van der Waals surface area contributed by atoms with Gasteiger partial charge < -0.3 is 4.74 Å². The Balaban J connectivity index is 1.73. The van der Waals surface area contributed by atoms with Crippen molar-refractivity contribution in [3.05, 3.63) is 103 Å². The van der Waals surface area contributed by atoms with E-state index >= 15 is 0 Å². The first kappa shape index (κ1) is 18.5. The predicted octanol–water partition coefficient (Wildman–Crippen LogP) is 6.13. The smallest absolute Gasteiger partial charge is 0.268 e. The first-order valence-corrected chi connectivity index (χ1v) is 11.1. The first-order chi connectivity index (χ1) is 14.5. The number of para-hydroxylation sites is 2. The van der Waals surface area contributed by atoms with Crippen molar-refractivity contribution in [2.45, 2.75) is 11.8 Å². The molecule has 4 nitrogen and oxygen atoms in total. The predicted molar refractivity (Wildman–Crippen MR) is 120 cm³/mol. The van der Waals surface area contributed by atoms with Crippen LogP contribution in [0.5, 0.6) is 11.5 Å². The van der Waals surface area contributed by atoms with Crippen LogP contribution in [-0.4, -0.2) is 12.4 Å². The van der Waals surface area contributed by atoms with Crippen LogP contribution in [0.2, 0.25) is 0 Å². The van der Waals surface area contributed by atoms with E-state index in [1.807, 2.05) is 79.7 Å². The fraction of sp³-hybridized carbons (Fsp3) is 0.0400. The molecular weight excluding hydrogens is 394 g/mol. The van der Waals surface area contributed by atoms with Gasteiger partial charge in [-0.25, -0.2) is 12.4 Å². The second-order valence-electron chi connectivity index (χ2n) is 7.19. The fourth-order valence-corrected chi connectivity index (χ4v) is 5.21. The molecule has 0 N–H and O–H groups in total. The highest BCUT2D eigenvalue weighted by molar-refractivity contribution is 7.90. The molecule has 0 spiro atoms. The average Bonchev–Trinajstić information content (AvgIpc) is 3.09. The van der Waals surface area contributed by atoms with Gasteiger partial charge in [0, 0.05) is 10.8 Å². The van der Waals surface area contributed by atoms with Crippen LogP contribution < -0.4 is 4.74 Å². The van der Waals surface area contributed by atoms with Gasteiger partial charge in [0.05, 0.1) is 15.9 Å². The minimum absolute atomic E-state index is 0.264. The van der Waals surface area contributed by atoms with E-state index in [1.165, 1.54) is 3.97 Å². The fourth-order valence-electron chi connectivity index (χ4n) is 3.68. The number of ether oxygens (including phenoxy) is 1. The van der Waals surface area contributed by atoms with Gasteiger partial charge in [0.1, 0.15) is 11.5 Å². The Hall–Kier alpha value is -3.57. The zero-order chi connectivity index (χ0) is 20.7. The van der Waals surface area contributed by atoms with Crippen LogP contribution >= 0.6 is 0 Å². The van der Waals surface area contributed by atoms with Gasteiger partial charge in [-0.2, -0.15) is 0 Å². The monoisotopic (exact) mass is 413 g/mol. The quantitative estimate of drug-likeness (QED) is 0.356. The Morgan fingerprint density at radius 3 is 2.10 bits per heavy atom. The van der Waals surface area contributed by atoms with E-state index in [4.69, 9.17) is 4.74 Å². The summed E-state index contributed by atoms with van der Waals surface area (Å²) in [6.45, 7) is 1.94. The molecule has 148 valence electrons. The molecule has 5 aromatic rings. The molecule has 0 bridgehead atoms. The second kappa shape index (κ2) is 7.04. The van der Waals surface area contributed by atoms with Crippen LogP contribution in [0, 0.1) is 6.92 Å². The van der Waals surface area contributed by atoms with Gasteiger partial charge in [-0.3, -0.25) is 0 Å². The van der Waals surface area contributed by atoms with E-state index in [2.05, 4.69) is 0 Å². The standard InChI is InChI=1S/C25H19NO3S/c1-18-11-14-21(15-12-18)30(27,28)26-24-10-6-5-9-22(24)23-17-20(13-16-25(23)26)29-19-7-3-2-4-8-19/h2-17H,1H3. The number of fused-ring (bicyclic) bond motifs is 3. The summed E-state index contributed by atoms with van der Waals surface area (Å²) in [7, 11) is -3.76. The van der Waals surface area contributed by atoms with E-state index in [0.29, 0.717) is 16.8 Å². The topological polar surface area (TPSA) is 48.3 Å². The first-order valence-electron chi connectivity index (χ1n) is 9.62. The highest BCUT2D eigenvalue weighted by Crippen LogP contribution is 2.35. The molecule has 5 rings (SSSR count). The minimum atomic E-state index is -3.76. The van der Waals surface area contributed by atoms with Gasteiger partial charge in [0.2, 0.25) is 0 Å². The molecule has 0 amide bonds. The number of rotatable bonds is 4. The minimum Gasteiger partial charge on any atom is -0.457 e.